The van der Waals surface area contributed by atoms with Gasteiger partial charge in [-0.3, -0.25) is 14.7 Å². The topological polar surface area (TPSA) is 61.4 Å². The van der Waals surface area contributed by atoms with Crippen LogP contribution in [0.4, 0.5) is 10.8 Å². The summed E-state index contributed by atoms with van der Waals surface area (Å²) >= 11 is 1.48. The van der Waals surface area contributed by atoms with E-state index in [2.05, 4.69) is 26.3 Å². The summed E-state index contributed by atoms with van der Waals surface area (Å²) in [5, 5.41) is 5.74. The van der Waals surface area contributed by atoms with Gasteiger partial charge in [0.1, 0.15) is 5.69 Å². The Hall–Kier alpha value is -2.77. The van der Waals surface area contributed by atoms with Crippen molar-refractivity contribution in [1.82, 2.24) is 20.2 Å². The molecule has 30 heavy (non-hydrogen) atoms. The SMILES string of the molecule is CN(c1ccccc1)c1nc(C(=O)NC[C@@H]2CCCN(Cc3cccnc3)C2)cs1. The summed E-state index contributed by atoms with van der Waals surface area (Å²) in [5.41, 5.74) is 2.77. The molecule has 2 aromatic heterocycles. The van der Waals surface area contributed by atoms with E-state index in [1.165, 1.54) is 16.9 Å². The molecule has 0 unspecified atom stereocenters. The Kier molecular flexibility index (Phi) is 6.71. The minimum atomic E-state index is -0.0941. The monoisotopic (exact) mass is 421 g/mol. The lowest BCUT2D eigenvalue weighted by Gasteiger charge is -2.32. The second-order valence-electron chi connectivity index (χ2n) is 7.72. The van der Waals surface area contributed by atoms with E-state index in [1.807, 2.05) is 59.9 Å². The third-order valence-corrected chi connectivity index (χ3v) is 6.36. The summed E-state index contributed by atoms with van der Waals surface area (Å²) in [7, 11) is 1.97. The van der Waals surface area contributed by atoms with Gasteiger partial charge in [-0.25, -0.2) is 4.98 Å². The van der Waals surface area contributed by atoms with Gasteiger partial charge >= 0.3 is 0 Å². The Morgan fingerprint density at radius 1 is 1.27 bits per heavy atom. The van der Waals surface area contributed by atoms with Crippen molar-refractivity contribution in [3.8, 4) is 0 Å². The van der Waals surface area contributed by atoms with E-state index >= 15 is 0 Å². The molecule has 0 aliphatic carbocycles. The summed E-state index contributed by atoms with van der Waals surface area (Å²) < 4.78 is 0. The Morgan fingerprint density at radius 3 is 2.93 bits per heavy atom. The molecule has 156 valence electrons. The number of benzene rings is 1. The lowest BCUT2D eigenvalue weighted by molar-refractivity contribution is 0.0926. The van der Waals surface area contributed by atoms with Gasteiger partial charge in [-0.15, -0.1) is 11.3 Å². The van der Waals surface area contributed by atoms with Crippen LogP contribution in [0.3, 0.4) is 0 Å². The number of hydrogen-bond acceptors (Lipinski definition) is 6. The number of thiazole rings is 1. The zero-order valence-corrected chi connectivity index (χ0v) is 18.0. The van der Waals surface area contributed by atoms with E-state index in [9.17, 15) is 4.79 Å². The van der Waals surface area contributed by atoms with Crippen LogP contribution in [0.1, 0.15) is 28.9 Å². The van der Waals surface area contributed by atoms with Gasteiger partial charge in [-0.2, -0.15) is 0 Å². The van der Waals surface area contributed by atoms with Crippen LogP contribution >= 0.6 is 11.3 Å². The highest BCUT2D eigenvalue weighted by Crippen LogP contribution is 2.26. The van der Waals surface area contributed by atoms with Crippen LogP contribution in [-0.4, -0.2) is 47.5 Å². The first-order valence-corrected chi connectivity index (χ1v) is 11.2. The molecule has 0 spiro atoms. The number of piperidine rings is 1. The summed E-state index contributed by atoms with van der Waals surface area (Å²) in [5.74, 6) is 0.368. The second-order valence-corrected chi connectivity index (χ2v) is 8.56. The first kappa shape index (κ1) is 20.5. The van der Waals surface area contributed by atoms with E-state index in [-0.39, 0.29) is 5.91 Å². The van der Waals surface area contributed by atoms with Crippen molar-refractivity contribution in [3.63, 3.8) is 0 Å². The quantitative estimate of drug-likeness (QED) is 0.626. The molecular weight excluding hydrogens is 394 g/mol. The molecule has 1 N–H and O–H groups in total. The van der Waals surface area contributed by atoms with Gasteiger partial charge in [0.15, 0.2) is 5.13 Å². The lowest BCUT2D eigenvalue weighted by atomic mass is 9.97. The molecule has 1 atom stereocenters. The molecule has 0 radical (unpaired) electrons. The van der Waals surface area contributed by atoms with Gasteiger partial charge < -0.3 is 10.2 Å². The molecule has 3 heterocycles. The Labute approximate surface area is 181 Å². The fourth-order valence-corrected chi connectivity index (χ4v) is 4.61. The third-order valence-electron chi connectivity index (χ3n) is 5.44. The number of pyridine rings is 1. The number of carbonyl (C=O) groups is 1. The summed E-state index contributed by atoms with van der Waals surface area (Å²) in [6, 6.07) is 14.1. The van der Waals surface area contributed by atoms with E-state index in [0.717, 1.165) is 43.3 Å². The molecule has 1 aliphatic heterocycles. The van der Waals surface area contributed by atoms with Gasteiger partial charge in [-0.1, -0.05) is 24.3 Å². The smallest absolute Gasteiger partial charge is 0.270 e. The van der Waals surface area contributed by atoms with E-state index in [4.69, 9.17) is 0 Å². The Balaban J connectivity index is 1.29. The molecule has 6 nitrogen and oxygen atoms in total. The highest BCUT2D eigenvalue weighted by atomic mass is 32.1. The van der Waals surface area contributed by atoms with Crippen molar-refractivity contribution in [2.24, 2.45) is 5.92 Å². The number of amides is 1. The molecule has 1 aliphatic rings. The van der Waals surface area contributed by atoms with Crippen molar-refractivity contribution >= 4 is 28.1 Å². The van der Waals surface area contributed by atoms with Crippen molar-refractivity contribution in [1.29, 1.82) is 0 Å². The zero-order valence-electron chi connectivity index (χ0n) is 17.2. The van der Waals surface area contributed by atoms with Crippen LogP contribution in [-0.2, 0) is 6.54 Å². The number of nitrogens with zero attached hydrogens (tertiary/aromatic N) is 4. The largest absolute Gasteiger partial charge is 0.350 e. The minimum absolute atomic E-state index is 0.0941. The van der Waals surface area contributed by atoms with Crippen molar-refractivity contribution in [2.45, 2.75) is 19.4 Å². The average molecular weight is 422 g/mol. The van der Waals surface area contributed by atoms with Crippen molar-refractivity contribution in [3.05, 3.63) is 71.5 Å². The van der Waals surface area contributed by atoms with Gasteiger partial charge in [0.2, 0.25) is 0 Å². The average Bonchev–Trinajstić information content (AvgIpc) is 3.29. The molecular formula is C23H27N5OS. The van der Waals surface area contributed by atoms with Crippen LogP contribution in [0.2, 0.25) is 0 Å². The van der Waals surface area contributed by atoms with Crippen LogP contribution in [0.15, 0.2) is 60.2 Å². The molecule has 3 aromatic rings. The minimum Gasteiger partial charge on any atom is -0.350 e. The van der Waals surface area contributed by atoms with Crippen LogP contribution in [0.25, 0.3) is 0 Å². The Morgan fingerprint density at radius 2 is 2.13 bits per heavy atom. The second kappa shape index (κ2) is 9.82. The molecule has 7 heteroatoms. The predicted molar refractivity (Wildman–Crippen MR) is 121 cm³/mol. The highest BCUT2D eigenvalue weighted by molar-refractivity contribution is 7.14. The Bertz CT molecular complexity index is 946. The number of rotatable bonds is 7. The number of hydrogen-bond donors (Lipinski definition) is 1. The normalized spacial score (nSPS) is 16.9. The molecule has 4 rings (SSSR count). The highest BCUT2D eigenvalue weighted by Gasteiger charge is 2.21. The standard InChI is InChI=1S/C23H27N5OS/c1-27(20-9-3-2-4-10-20)23-26-21(17-30-23)22(29)25-14-19-8-6-12-28(16-19)15-18-7-5-11-24-13-18/h2-5,7,9-11,13,17,19H,6,8,12,14-16H2,1H3,(H,25,29)/t19-/m0/s1. The van der Waals surface area contributed by atoms with Crippen LogP contribution in [0.5, 0.6) is 0 Å². The van der Waals surface area contributed by atoms with Gasteiger partial charge in [0, 0.05) is 50.1 Å². The van der Waals surface area contributed by atoms with E-state index < -0.39 is 0 Å². The predicted octanol–water partition coefficient (Wildman–Crippen LogP) is 3.95. The van der Waals surface area contributed by atoms with E-state index in [1.54, 1.807) is 6.20 Å². The van der Waals surface area contributed by atoms with Crippen molar-refractivity contribution in [2.75, 3.05) is 31.6 Å². The summed E-state index contributed by atoms with van der Waals surface area (Å²) in [4.78, 5) is 25.8. The maximum atomic E-state index is 12.6. The first-order valence-electron chi connectivity index (χ1n) is 10.3. The maximum absolute atomic E-state index is 12.6. The van der Waals surface area contributed by atoms with Crippen molar-refractivity contribution < 1.29 is 4.79 Å². The molecule has 1 fully saturated rings. The number of nitrogens with one attached hydrogen (secondary N) is 1. The van der Waals surface area contributed by atoms with Crippen LogP contribution < -0.4 is 10.2 Å². The number of carbonyl (C=O) groups excluding carboxylic acids is 1. The molecule has 0 saturated carbocycles. The van der Waals surface area contributed by atoms with E-state index in [0.29, 0.717) is 18.2 Å². The molecule has 1 amide bonds. The number of para-hydroxylation sites is 1. The lowest BCUT2D eigenvalue weighted by Crippen LogP contribution is -2.40. The fourth-order valence-electron chi connectivity index (χ4n) is 3.82. The number of likely N-dealkylation sites (tertiary alicyclic amines) is 1. The first-order chi connectivity index (χ1) is 14.7. The van der Waals surface area contributed by atoms with Gasteiger partial charge in [-0.05, 0) is 49.1 Å². The molecule has 0 bridgehead atoms. The summed E-state index contributed by atoms with van der Waals surface area (Å²) in [6.07, 6.45) is 6.03. The number of aromatic nitrogens is 2. The van der Waals surface area contributed by atoms with Gasteiger partial charge in [0.05, 0.1) is 0 Å². The fraction of sp³-hybridized carbons (Fsp3) is 0.348. The molecule has 1 aromatic carbocycles. The van der Waals surface area contributed by atoms with Crippen LogP contribution in [0, 0.1) is 5.92 Å². The third kappa shape index (κ3) is 5.23. The zero-order chi connectivity index (χ0) is 20.8. The van der Waals surface area contributed by atoms with Gasteiger partial charge in [0.25, 0.3) is 5.91 Å². The maximum Gasteiger partial charge on any atom is 0.270 e. The molecule has 1 saturated heterocycles. The number of anilines is 2. The summed E-state index contributed by atoms with van der Waals surface area (Å²) in [6.45, 7) is 3.69.